The van der Waals surface area contributed by atoms with E-state index in [0.717, 1.165) is 56.8 Å². The number of urea groups is 1. The van der Waals surface area contributed by atoms with Gasteiger partial charge in [-0.15, -0.1) is 0 Å². The lowest BCUT2D eigenvalue weighted by Crippen LogP contribution is -2.48. The van der Waals surface area contributed by atoms with Gasteiger partial charge in [0.05, 0.1) is 0 Å². The van der Waals surface area contributed by atoms with Gasteiger partial charge in [0.2, 0.25) is 0 Å². The largest absolute Gasteiger partial charge is 0.490 e. The van der Waals surface area contributed by atoms with E-state index < -0.39 is 12.1 Å². The predicted molar refractivity (Wildman–Crippen MR) is 188 cm³/mol. The summed E-state index contributed by atoms with van der Waals surface area (Å²) in [4.78, 5) is 27.1. The minimum absolute atomic E-state index is 0.0339. The van der Waals surface area contributed by atoms with Crippen molar-refractivity contribution in [3.8, 4) is 11.1 Å². The zero-order valence-electron chi connectivity index (χ0n) is 28.0. The normalized spacial score (nSPS) is 13.8. The third kappa shape index (κ3) is 12.4. The first-order valence-corrected chi connectivity index (χ1v) is 16.6. The summed E-state index contributed by atoms with van der Waals surface area (Å²) in [5, 5.41) is 13.8. The lowest BCUT2D eigenvalue weighted by Gasteiger charge is -2.38. The van der Waals surface area contributed by atoms with Crippen molar-refractivity contribution in [3.05, 3.63) is 126 Å². The second-order valence-electron chi connectivity index (χ2n) is 12.6. The lowest BCUT2D eigenvalue weighted by molar-refractivity contribution is -0.192. The van der Waals surface area contributed by atoms with Gasteiger partial charge in [0, 0.05) is 44.5 Å². The number of para-hydroxylation sites is 1. The molecule has 7 nitrogen and oxygen atoms in total. The molecule has 4 aromatic carbocycles. The maximum Gasteiger partial charge on any atom is 0.490 e. The number of halogens is 3. The number of carboxylic acids is 1. The van der Waals surface area contributed by atoms with Crippen molar-refractivity contribution in [2.24, 2.45) is 5.92 Å². The fourth-order valence-corrected chi connectivity index (χ4v) is 5.68. The number of hydrogen-bond donors (Lipinski definition) is 3. The van der Waals surface area contributed by atoms with Gasteiger partial charge in [-0.3, -0.25) is 4.90 Å². The van der Waals surface area contributed by atoms with Gasteiger partial charge in [-0.05, 0) is 71.3 Å². The van der Waals surface area contributed by atoms with Gasteiger partial charge < -0.3 is 20.6 Å². The molecule has 10 heteroatoms. The van der Waals surface area contributed by atoms with Crippen molar-refractivity contribution < 1.29 is 27.9 Å². The molecule has 0 aliphatic carbocycles. The van der Waals surface area contributed by atoms with Crippen LogP contribution in [0.2, 0.25) is 0 Å². The van der Waals surface area contributed by atoms with Gasteiger partial charge in [0.15, 0.2) is 0 Å². The molecule has 0 aromatic heterocycles. The molecule has 0 spiro atoms. The summed E-state index contributed by atoms with van der Waals surface area (Å²) in [5.74, 6) is -2.12. The van der Waals surface area contributed by atoms with E-state index >= 15 is 0 Å². The Balaban J connectivity index is 0.000000698. The third-order valence-corrected chi connectivity index (χ3v) is 8.22. The lowest BCUT2D eigenvalue weighted by atomic mass is 10.00. The molecule has 4 aromatic rings. The van der Waals surface area contributed by atoms with Crippen LogP contribution in [-0.4, -0.2) is 58.8 Å². The van der Waals surface area contributed by atoms with Crippen LogP contribution in [-0.2, 0) is 24.4 Å². The van der Waals surface area contributed by atoms with Crippen LogP contribution in [0.1, 0.15) is 43.4 Å². The van der Waals surface area contributed by atoms with E-state index in [2.05, 4.69) is 108 Å². The fourth-order valence-electron chi connectivity index (χ4n) is 5.68. The van der Waals surface area contributed by atoms with Crippen LogP contribution in [0.3, 0.4) is 0 Å². The van der Waals surface area contributed by atoms with Gasteiger partial charge in [0.1, 0.15) is 0 Å². The topological polar surface area (TPSA) is 84.9 Å². The molecule has 1 aliphatic heterocycles. The van der Waals surface area contributed by atoms with Crippen molar-refractivity contribution in [1.82, 2.24) is 15.1 Å². The Morgan fingerprint density at radius 2 is 1.41 bits per heavy atom. The molecular formula is C39H45F3N4O3. The van der Waals surface area contributed by atoms with E-state index in [1.54, 1.807) is 0 Å². The molecule has 0 radical (unpaired) electrons. The Labute approximate surface area is 286 Å². The predicted octanol–water partition coefficient (Wildman–Crippen LogP) is 8.43. The number of piperidine rings is 1. The van der Waals surface area contributed by atoms with E-state index in [0.29, 0.717) is 12.5 Å². The molecule has 3 N–H and O–H groups in total. The van der Waals surface area contributed by atoms with Crippen molar-refractivity contribution in [2.45, 2.75) is 58.5 Å². The maximum absolute atomic E-state index is 13.6. The number of amides is 2. The number of carboxylic acid groups (broad SMARTS) is 1. The molecule has 0 unspecified atom stereocenters. The van der Waals surface area contributed by atoms with E-state index in [1.165, 1.54) is 22.3 Å². The van der Waals surface area contributed by atoms with Crippen molar-refractivity contribution in [3.63, 3.8) is 0 Å². The van der Waals surface area contributed by atoms with E-state index in [1.807, 2.05) is 35.2 Å². The Kier molecular flexibility index (Phi) is 13.8. The second kappa shape index (κ2) is 18.2. The summed E-state index contributed by atoms with van der Waals surface area (Å²) >= 11 is 0. The van der Waals surface area contributed by atoms with Crippen LogP contribution < -0.4 is 10.6 Å². The zero-order chi connectivity index (χ0) is 35.2. The molecule has 0 saturated carbocycles. The summed E-state index contributed by atoms with van der Waals surface area (Å²) < 4.78 is 31.7. The first-order valence-electron chi connectivity index (χ1n) is 16.6. The molecular weight excluding hydrogens is 629 g/mol. The Bertz CT molecular complexity index is 1590. The Morgan fingerprint density at radius 1 is 0.816 bits per heavy atom. The minimum Gasteiger partial charge on any atom is -0.475 e. The quantitative estimate of drug-likeness (QED) is 0.149. The van der Waals surface area contributed by atoms with E-state index in [9.17, 15) is 18.0 Å². The number of nitrogens with zero attached hydrogens (tertiary/aromatic N) is 2. The number of hydrogen-bond acceptors (Lipinski definition) is 4. The Hall–Kier alpha value is -4.67. The van der Waals surface area contributed by atoms with E-state index in [4.69, 9.17) is 9.90 Å². The molecule has 0 bridgehead atoms. The first kappa shape index (κ1) is 37.2. The number of benzene rings is 4. The monoisotopic (exact) mass is 674 g/mol. The van der Waals surface area contributed by atoms with Crippen LogP contribution in [0.4, 0.5) is 23.7 Å². The van der Waals surface area contributed by atoms with Crippen molar-refractivity contribution in [1.29, 1.82) is 0 Å². The standard InChI is InChI=1S/C37H44N4O.C2HF3O2/c1-29(2)25-38-26-32-12-9-13-34(24-32)33-18-16-31(17-19-33)28-41(37(42)39-35-14-7-4-8-15-35)36-20-22-40(23-21-36)27-30-10-5-3-6-11-30;3-2(4,5)1(6)7/h3-19,24,29,36,38H,20-23,25-28H2,1-2H3,(H,39,42);(H,6,7). The maximum atomic E-state index is 13.6. The minimum atomic E-state index is -5.08. The zero-order valence-corrected chi connectivity index (χ0v) is 28.0. The van der Waals surface area contributed by atoms with Crippen LogP contribution in [0, 0.1) is 5.92 Å². The number of anilines is 1. The number of nitrogens with one attached hydrogen (secondary N) is 2. The average molecular weight is 675 g/mol. The number of aliphatic carboxylic acids is 1. The van der Waals surface area contributed by atoms with Crippen LogP contribution in [0.5, 0.6) is 0 Å². The number of rotatable bonds is 11. The van der Waals surface area contributed by atoms with E-state index in [-0.39, 0.29) is 12.1 Å². The van der Waals surface area contributed by atoms with Gasteiger partial charge >= 0.3 is 18.2 Å². The third-order valence-electron chi connectivity index (χ3n) is 8.22. The Morgan fingerprint density at radius 3 is 2.00 bits per heavy atom. The van der Waals surface area contributed by atoms with Gasteiger partial charge in [-0.25, -0.2) is 9.59 Å². The smallest absolute Gasteiger partial charge is 0.475 e. The molecule has 2 amide bonds. The molecule has 1 saturated heterocycles. The van der Waals surface area contributed by atoms with Crippen LogP contribution >= 0.6 is 0 Å². The molecule has 1 heterocycles. The van der Waals surface area contributed by atoms with Gasteiger partial charge in [-0.1, -0.05) is 105 Å². The molecule has 1 fully saturated rings. The summed E-state index contributed by atoms with van der Waals surface area (Å²) in [7, 11) is 0. The highest BCUT2D eigenvalue weighted by molar-refractivity contribution is 5.89. The molecule has 1 aliphatic rings. The van der Waals surface area contributed by atoms with Crippen LogP contribution in [0.15, 0.2) is 109 Å². The molecule has 49 heavy (non-hydrogen) atoms. The molecule has 5 rings (SSSR count). The summed E-state index contributed by atoms with van der Waals surface area (Å²) in [6.45, 7) is 9.85. The number of carbonyl (C=O) groups is 2. The van der Waals surface area contributed by atoms with Gasteiger partial charge in [0.25, 0.3) is 0 Å². The summed E-state index contributed by atoms with van der Waals surface area (Å²) in [5.41, 5.74) is 7.01. The summed E-state index contributed by atoms with van der Waals surface area (Å²) in [6, 6.07) is 38.0. The van der Waals surface area contributed by atoms with Crippen molar-refractivity contribution >= 4 is 17.7 Å². The van der Waals surface area contributed by atoms with Gasteiger partial charge in [-0.2, -0.15) is 13.2 Å². The highest BCUT2D eigenvalue weighted by Crippen LogP contribution is 2.25. The van der Waals surface area contributed by atoms with Crippen LogP contribution in [0.25, 0.3) is 11.1 Å². The number of likely N-dealkylation sites (tertiary alicyclic amines) is 1. The number of alkyl halides is 3. The average Bonchev–Trinajstić information content (AvgIpc) is 3.09. The SMILES string of the molecule is CC(C)CNCc1cccc(-c2ccc(CN(C(=O)Nc3ccccc3)C3CCN(Cc4ccccc4)CC3)cc2)c1.O=C(O)C(F)(F)F. The number of carbonyl (C=O) groups excluding carboxylic acids is 1. The highest BCUT2D eigenvalue weighted by Gasteiger charge is 2.38. The second-order valence-corrected chi connectivity index (χ2v) is 12.6. The first-order chi connectivity index (χ1) is 23.5. The summed E-state index contributed by atoms with van der Waals surface area (Å²) in [6.07, 6.45) is -3.16. The molecule has 260 valence electrons. The fraction of sp³-hybridized carbons (Fsp3) is 0.333. The molecule has 0 atom stereocenters. The highest BCUT2D eigenvalue weighted by atomic mass is 19.4. The van der Waals surface area contributed by atoms with Crippen molar-refractivity contribution in [2.75, 3.05) is 25.0 Å².